The van der Waals surface area contributed by atoms with E-state index in [2.05, 4.69) is 15.9 Å². The molecule has 2 amide bonds. The summed E-state index contributed by atoms with van der Waals surface area (Å²) in [6.45, 7) is 3.95. The average molecular weight is 322 g/mol. The first-order valence-electron chi connectivity index (χ1n) is 6.63. The van der Waals surface area contributed by atoms with E-state index >= 15 is 0 Å². The fourth-order valence-electron chi connectivity index (χ4n) is 3.32. The predicted molar refractivity (Wildman–Crippen MR) is 76.9 cm³/mol. The smallest absolute Gasteiger partial charge is 0.236 e. The van der Waals surface area contributed by atoms with Crippen LogP contribution in [0.5, 0.6) is 0 Å². The normalized spacial score (nSPS) is 26.2. The van der Waals surface area contributed by atoms with Gasteiger partial charge in [0, 0.05) is 16.3 Å². The van der Waals surface area contributed by atoms with E-state index in [1.54, 1.807) is 0 Å². The molecule has 2 fully saturated rings. The van der Waals surface area contributed by atoms with Crippen molar-refractivity contribution < 1.29 is 9.59 Å². The molecule has 1 saturated carbocycles. The number of nitrogens with zero attached hydrogens (tertiary/aromatic N) is 1. The van der Waals surface area contributed by atoms with Crippen molar-refractivity contribution in [2.24, 2.45) is 11.8 Å². The summed E-state index contributed by atoms with van der Waals surface area (Å²) in [7, 11) is 0. The topological polar surface area (TPSA) is 37.4 Å². The minimum atomic E-state index is -0.0218. The molecule has 2 bridgehead atoms. The van der Waals surface area contributed by atoms with Gasteiger partial charge in [0.1, 0.15) is 0 Å². The lowest BCUT2D eigenvalue weighted by atomic mass is 9.95. The number of carbonyl (C=O) groups is 2. The van der Waals surface area contributed by atoms with Crippen LogP contribution in [-0.2, 0) is 9.59 Å². The first-order chi connectivity index (χ1) is 8.99. The molecule has 1 saturated heterocycles. The molecule has 1 aromatic carbocycles. The van der Waals surface area contributed by atoms with Crippen LogP contribution in [0, 0.1) is 25.7 Å². The van der Waals surface area contributed by atoms with E-state index in [1.165, 1.54) is 4.90 Å². The maximum Gasteiger partial charge on any atom is 0.236 e. The Bertz CT molecular complexity index is 537. The van der Waals surface area contributed by atoms with Gasteiger partial charge in [-0.3, -0.25) is 9.59 Å². The summed E-state index contributed by atoms with van der Waals surface area (Å²) in [4.78, 5) is 26.4. The first-order valence-corrected chi connectivity index (χ1v) is 7.43. The van der Waals surface area contributed by atoms with Gasteiger partial charge in [-0.05, 0) is 66.2 Å². The van der Waals surface area contributed by atoms with Crippen LogP contribution in [0.4, 0.5) is 5.69 Å². The monoisotopic (exact) mass is 321 g/mol. The van der Waals surface area contributed by atoms with Crippen LogP contribution < -0.4 is 4.90 Å². The van der Waals surface area contributed by atoms with E-state index in [-0.39, 0.29) is 23.7 Å². The molecule has 1 aliphatic heterocycles. The number of imide groups is 1. The molecule has 2 atom stereocenters. The Kier molecular flexibility index (Phi) is 3.01. The van der Waals surface area contributed by atoms with Crippen LogP contribution in [0.3, 0.4) is 0 Å². The van der Waals surface area contributed by atoms with Crippen molar-refractivity contribution in [2.75, 3.05) is 4.90 Å². The lowest BCUT2D eigenvalue weighted by Gasteiger charge is -2.31. The second-order valence-corrected chi connectivity index (χ2v) is 6.49. The molecule has 19 heavy (non-hydrogen) atoms. The second kappa shape index (κ2) is 4.44. The van der Waals surface area contributed by atoms with Gasteiger partial charge in [0.15, 0.2) is 0 Å². The van der Waals surface area contributed by atoms with E-state index in [1.807, 2.05) is 26.0 Å². The lowest BCUT2D eigenvalue weighted by molar-refractivity contribution is -0.133. The highest BCUT2D eigenvalue weighted by Gasteiger charge is 2.46. The molecule has 1 heterocycles. The Morgan fingerprint density at radius 2 is 1.68 bits per heavy atom. The maximum atomic E-state index is 12.5. The Balaban J connectivity index is 2.11. The van der Waals surface area contributed by atoms with Gasteiger partial charge in [-0.25, -0.2) is 4.90 Å². The van der Waals surface area contributed by atoms with Crippen molar-refractivity contribution in [1.82, 2.24) is 0 Å². The maximum absolute atomic E-state index is 12.5. The molecule has 2 unspecified atom stereocenters. The van der Waals surface area contributed by atoms with E-state index in [0.717, 1.165) is 40.5 Å². The average Bonchev–Trinajstić information content (AvgIpc) is 2.76. The van der Waals surface area contributed by atoms with Gasteiger partial charge in [-0.15, -0.1) is 0 Å². The third-order valence-electron chi connectivity index (χ3n) is 4.19. The summed E-state index contributed by atoms with van der Waals surface area (Å²) >= 11 is 3.50. The number of fused-ring (bicyclic) bond motifs is 2. The van der Waals surface area contributed by atoms with Crippen molar-refractivity contribution in [2.45, 2.75) is 33.1 Å². The SMILES string of the molecule is Cc1cc(C)c(N2C(=O)C3CCC(C3)C2=O)c(Br)c1. The number of anilines is 1. The summed E-state index contributed by atoms with van der Waals surface area (Å²) in [5.74, 6) is 0.0309. The van der Waals surface area contributed by atoms with Gasteiger partial charge < -0.3 is 0 Å². The molecule has 100 valence electrons. The molecule has 0 N–H and O–H groups in total. The highest BCUT2D eigenvalue weighted by Crippen LogP contribution is 2.42. The molecular formula is C15H16BrNO2. The first kappa shape index (κ1) is 12.9. The Hall–Kier alpha value is -1.16. The van der Waals surface area contributed by atoms with Gasteiger partial charge >= 0.3 is 0 Å². The lowest BCUT2D eigenvalue weighted by Crippen LogP contribution is -2.47. The number of aryl methyl sites for hydroxylation is 2. The number of halogens is 1. The van der Waals surface area contributed by atoms with E-state index < -0.39 is 0 Å². The zero-order chi connectivity index (χ0) is 13.7. The number of benzene rings is 1. The highest BCUT2D eigenvalue weighted by atomic mass is 79.9. The minimum absolute atomic E-state index is 0.0218. The number of rotatable bonds is 1. The summed E-state index contributed by atoms with van der Waals surface area (Å²) in [5, 5.41) is 0. The molecule has 1 aromatic rings. The zero-order valence-corrected chi connectivity index (χ0v) is 12.7. The molecule has 0 aromatic heterocycles. The molecule has 0 spiro atoms. The van der Waals surface area contributed by atoms with E-state index in [4.69, 9.17) is 0 Å². The van der Waals surface area contributed by atoms with Crippen LogP contribution in [0.15, 0.2) is 16.6 Å². The molecule has 1 aliphatic carbocycles. The molecule has 0 radical (unpaired) electrons. The molecule has 3 nitrogen and oxygen atoms in total. The fourth-order valence-corrected chi connectivity index (χ4v) is 4.17. The van der Waals surface area contributed by atoms with E-state index in [9.17, 15) is 9.59 Å². The summed E-state index contributed by atoms with van der Waals surface area (Å²) < 4.78 is 0.827. The quantitative estimate of drug-likeness (QED) is 0.744. The van der Waals surface area contributed by atoms with Crippen molar-refractivity contribution >= 4 is 33.4 Å². The minimum Gasteiger partial charge on any atom is -0.274 e. The third kappa shape index (κ3) is 1.93. The number of hydrogen-bond acceptors (Lipinski definition) is 2. The van der Waals surface area contributed by atoms with Crippen molar-refractivity contribution in [3.05, 3.63) is 27.7 Å². The number of piperidine rings is 1. The van der Waals surface area contributed by atoms with Gasteiger partial charge in [0.25, 0.3) is 0 Å². The van der Waals surface area contributed by atoms with Crippen molar-refractivity contribution in [1.29, 1.82) is 0 Å². The molecular weight excluding hydrogens is 306 g/mol. The van der Waals surface area contributed by atoms with Crippen LogP contribution in [-0.4, -0.2) is 11.8 Å². The third-order valence-corrected chi connectivity index (χ3v) is 4.80. The number of hydrogen-bond donors (Lipinski definition) is 0. The Morgan fingerprint density at radius 3 is 2.21 bits per heavy atom. The van der Waals surface area contributed by atoms with Crippen LogP contribution in [0.25, 0.3) is 0 Å². The summed E-state index contributed by atoms with van der Waals surface area (Å²) in [6.07, 6.45) is 2.46. The fraction of sp³-hybridized carbons (Fsp3) is 0.467. The van der Waals surface area contributed by atoms with Crippen LogP contribution >= 0.6 is 15.9 Å². The van der Waals surface area contributed by atoms with Crippen molar-refractivity contribution in [3.63, 3.8) is 0 Å². The van der Waals surface area contributed by atoms with E-state index in [0.29, 0.717) is 0 Å². The van der Waals surface area contributed by atoms with Crippen LogP contribution in [0.2, 0.25) is 0 Å². The second-order valence-electron chi connectivity index (χ2n) is 5.63. The number of amides is 2. The summed E-state index contributed by atoms with van der Waals surface area (Å²) in [5.41, 5.74) is 2.82. The van der Waals surface area contributed by atoms with Gasteiger partial charge in [-0.1, -0.05) is 6.07 Å². The Labute approximate surface area is 121 Å². The zero-order valence-electron chi connectivity index (χ0n) is 11.1. The standard InChI is InChI=1S/C15H16BrNO2/c1-8-5-9(2)13(12(16)6-8)17-14(18)10-3-4-11(7-10)15(17)19/h5-6,10-11H,3-4,7H2,1-2H3. The van der Waals surface area contributed by atoms with Gasteiger partial charge in [-0.2, -0.15) is 0 Å². The predicted octanol–water partition coefficient (Wildman–Crippen LogP) is 3.36. The van der Waals surface area contributed by atoms with Crippen molar-refractivity contribution in [3.8, 4) is 0 Å². The Morgan fingerprint density at radius 1 is 1.11 bits per heavy atom. The molecule has 3 rings (SSSR count). The van der Waals surface area contributed by atoms with Gasteiger partial charge in [0.05, 0.1) is 5.69 Å². The summed E-state index contributed by atoms with van der Waals surface area (Å²) in [6, 6.07) is 3.97. The van der Waals surface area contributed by atoms with Gasteiger partial charge in [0.2, 0.25) is 11.8 Å². The molecule has 2 aliphatic rings. The highest BCUT2D eigenvalue weighted by molar-refractivity contribution is 9.10. The number of carbonyl (C=O) groups excluding carboxylic acids is 2. The largest absolute Gasteiger partial charge is 0.274 e. The molecule has 4 heteroatoms. The van der Waals surface area contributed by atoms with Crippen LogP contribution in [0.1, 0.15) is 30.4 Å².